The molecule has 0 saturated carbocycles. The van der Waals surface area contributed by atoms with E-state index in [0.29, 0.717) is 0 Å². The lowest BCUT2D eigenvalue weighted by Crippen LogP contribution is -2.24. The number of alkyl halides is 1. The fourth-order valence-electron chi connectivity index (χ4n) is 3.80. The van der Waals surface area contributed by atoms with Crippen LogP contribution < -0.4 is 20.3 Å². The standard InChI is InChI=1S/C26H21Cl2F3N4O4/c1-4-20(31)39-14-7-5-13(6-8-14)25(36)33-22-23(21-17(29)11-15(38-3)12-18(21)30)34(2)35(26(22)37)24-16(27)9-10-19(28)32-24/h5-12,20H,4H2,1-3H3,(H,33,36). The Morgan fingerprint density at radius 3 is 2.31 bits per heavy atom. The number of carbonyl (C=O) groups is 1. The summed E-state index contributed by atoms with van der Waals surface area (Å²) in [5.41, 5.74) is -2.22. The molecule has 2 aromatic heterocycles. The molecule has 0 aliphatic rings. The first-order valence-electron chi connectivity index (χ1n) is 11.5. The number of hydrogen-bond donors (Lipinski definition) is 1. The number of aromatic nitrogens is 3. The number of methoxy groups -OCH3 is 1. The maximum absolute atomic E-state index is 15.2. The van der Waals surface area contributed by atoms with Gasteiger partial charge in [0.2, 0.25) is 6.36 Å². The first-order chi connectivity index (χ1) is 18.5. The molecule has 0 fully saturated rings. The molecule has 2 aromatic carbocycles. The van der Waals surface area contributed by atoms with Gasteiger partial charge in [-0.05, 0) is 36.4 Å². The summed E-state index contributed by atoms with van der Waals surface area (Å²) in [5, 5.41) is 2.44. The quantitative estimate of drug-likeness (QED) is 0.252. The minimum Gasteiger partial charge on any atom is -0.497 e. The third-order valence-electron chi connectivity index (χ3n) is 5.69. The zero-order chi connectivity index (χ0) is 28.4. The van der Waals surface area contributed by atoms with E-state index >= 15 is 8.78 Å². The molecule has 0 saturated heterocycles. The van der Waals surface area contributed by atoms with Gasteiger partial charge in [-0.25, -0.2) is 18.2 Å². The Kier molecular flexibility index (Phi) is 8.22. The van der Waals surface area contributed by atoms with E-state index in [1.54, 1.807) is 6.92 Å². The highest BCUT2D eigenvalue weighted by Gasteiger charge is 2.28. The lowest BCUT2D eigenvalue weighted by atomic mass is 10.1. The Balaban J connectivity index is 1.87. The van der Waals surface area contributed by atoms with Crippen molar-refractivity contribution >= 4 is 34.8 Å². The molecule has 1 amide bonds. The number of halogens is 5. The average Bonchev–Trinajstić information content (AvgIpc) is 3.14. The Labute approximate surface area is 230 Å². The van der Waals surface area contributed by atoms with Gasteiger partial charge in [0.25, 0.3) is 11.5 Å². The van der Waals surface area contributed by atoms with Gasteiger partial charge in [0.05, 0.1) is 17.7 Å². The molecule has 4 aromatic rings. The predicted octanol–water partition coefficient (Wildman–Crippen LogP) is 6.17. The molecule has 1 N–H and O–H groups in total. The van der Waals surface area contributed by atoms with Crippen molar-refractivity contribution in [3.05, 3.63) is 86.3 Å². The summed E-state index contributed by atoms with van der Waals surface area (Å²) in [5.74, 6) is -2.94. The van der Waals surface area contributed by atoms with Crippen molar-refractivity contribution in [3.8, 4) is 28.6 Å². The molecular formula is C26H21Cl2F3N4O4. The molecule has 204 valence electrons. The van der Waals surface area contributed by atoms with Crippen molar-refractivity contribution < 1.29 is 27.4 Å². The smallest absolute Gasteiger partial charge is 0.297 e. The summed E-state index contributed by atoms with van der Waals surface area (Å²) in [6, 6.07) is 10.1. The van der Waals surface area contributed by atoms with Gasteiger partial charge >= 0.3 is 0 Å². The topological polar surface area (TPSA) is 87.4 Å². The summed E-state index contributed by atoms with van der Waals surface area (Å²) in [6.45, 7) is 1.61. The lowest BCUT2D eigenvalue weighted by molar-refractivity contribution is 0.0642. The molecule has 8 nitrogen and oxygen atoms in total. The highest BCUT2D eigenvalue weighted by Crippen LogP contribution is 2.35. The van der Waals surface area contributed by atoms with Crippen LogP contribution >= 0.6 is 23.2 Å². The number of pyridine rings is 1. The van der Waals surface area contributed by atoms with Gasteiger partial charge in [-0.2, -0.15) is 4.68 Å². The molecule has 2 heterocycles. The van der Waals surface area contributed by atoms with E-state index in [0.717, 1.165) is 21.5 Å². The van der Waals surface area contributed by atoms with Crippen LogP contribution in [0.1, 0.15) is 23.7 Å². The van der Waals surface area contributed by atoms with Crippen LogP contribution in [0.5, 0.6) is 11.5 Å². The predicted molar refractivity (Wildman–Crippen MR) is 141 cm³/mol. The summed E-state index contributed by atoms with van der Waals surface area (Å²) in [7, 11) is 2.58. The van der Waals surface area contributed by atoms with Crippen LogP contribution in [-0.4, -0.2) is 33.7 Å². The van der Waals surface area contributed by atoms with E-state index in [4.69, 9.17) is 32.7 Å². The number of nitrogens with one attached hydrogen (secondary N) is 1. The van der Waals surface area contributed by atoms with Crippen LogP contribution in [0.3, 0.4) is 0 Å². The number of amides is 1. The van der Waals surface area contributed by atoms with Crippen LogP contribution in [0, 0.1) is 11.6 Å². The van der Waals surface area contributed by atoms with Gasteiger partial charge in [-0.1, -0.05) is 30.1 Å². The minimum atomic E-state index is -1.52. The Morgan fingerprint density at radius 2 is 1.72 bits per heavy atom. The normalized spacial score (nSPS) is 11.8. The summed E-state index contributed by atoms with van der Waals surface area (Å²) < 4.78 is 55.9. The van der Waals surface area contributed by atoms with E-state index in [2.05, 4.69) is 10.3 Å². The van der Waals surface area contributed by atoms with Crippen molar-refractivity contribution in [2.45, 2.75) is 19.7 Å². The zero-order valence-corrected chi connectivity index (χ0v) is 22.3. The van der Waals surface area contributed by atoms with Crippen molar-refractivity contribution in [1.82, 2.24) is 14.3 Å². The average molecular weight is 581 g/mol. The molecule has 0 radical (unpaired) electrons. The summed E-state index contributed by atoms with van der Waals surface area (Å²) in [4.78, 5) is 30.8. The fraction of sp³-hybridized carbons (Fsp3) is 0.192. The lowest BCUT2D eigenvalue weighted by Gasteiger charge is -2.13. The SMILES string of the molecule is CCC(F)Oc1ccc(C(=O)Nc2c(-c3c(F)cc(OC)cc3F)n(C)n(-c3nc(Cl)ccc3Cl)c2=O)cc1. The maximum atomic E-state index is 15.2. The molecule has 13 heteroatoms. The van der Waals surface area contributed by atoms with Crippen LogP contribution in [0.2, 0.25) is 10.2 Å². The number of anilines is 1. The number of nitrogens with zero attached hydrogens (tertiary/aromatic N) is 3. The monoisotopic (exact) mass is 580 g/mol. The first-order valence-corrected chi connectivity index (χ1v) is 12.2. The second-order valence-electron chi connectivity index (χ2n) is 8.18. The molecule has 1 atom stereocenters. The Morgan fingerprint density at radius 1 is 1.08 bits per heavy atom. The molecule has 0 spiro atoms. The maximum Gasteiger partial charge on any atom is 0.297 e. The molecule has 1 unspecified atom stereocenters. The van der Waals surface area contributed by atoms with Crippen LogP contribution in [0.15, 0.2) is 53.3 Å². The van der Waals surface area contributed by atoms with Crippen molar-refractivity contribution in [3.63, 3.8) is 0 Å². The van der Waals surface area contributed by atoms with Gasteiger partial charge in [-0.3, -0.25) is 14.3 Å². The largest absolute Gasteiger partial charge is 0.497 e. The Bertz CT molecular complexity index is 1580. The Hall–Kier alpha value is -3.96. The van der Waals surface area contributed by atoms with E-state index < -0.39 is 40.7 Å². The number of ether oxygens (including phenoxy) is 2. The zero-order valence-electron chi connectivity index (χ0n) is 20.8. The third kappa shape index (κ3) is 5.59. The van der Waals surface area contributed by atoms with Gasteiger partial charge < -0.3 is 14.8 Å². The van der Waals surface area contributed by atoms with Gasteiger partial charge in [0.1, 0.15) is 39.7 Å². The number of rotatable bonds is 8. The van der Waals surface area contributed by atoms with Crippen LogP contribution in [0.4, 0.5) is 18.9 Å². The van der Waals surface area contributed by atoms with E-state index in [-0.39, 0.29) is 45.2 Å². The van der Waals surface area contributed by atoms with Crippen LogP contribution in [0.25, 0.3) is 17.1 Å². The van der Waals surface area contributed by atoms with Crippen molar-refractivity contribution in [1.29, 1.82) is 0 Å². The first kappa shape index (κ1) is 28.1. The van der Waals surface area contributed by atoms with Gasteiger partial charge in [0.15, 0.2) is 5.82 Å². The summed E-state index contributed by atoms with van der Waals surface area (Å²) >= 11 is 12.3. The molecular weight excluding hydrogens is 560 g/mol. The third-order valence-corrected chi connectivity index (χ3v) is 6.19. The van der Waals surface area contributed by atoms with Gasteiger partial charge in [-0.15, -0.1) is 0 Å². The van der Waals surface area contributed by atoms with Crippen molar-refractivity contribution in [2.24, 2.45) is 7.05 Å². The number of carbonyl (C=O) groups excluding carboxylic acids is 1. The number of hydrogen-bond acceptors (Lipinski definition) is 5. The molecule has 39 heavy (non-hydrogen) atoms. The second kappa shape index (κ2) is 11.4. The minimum absolute atomic E-state index is 0.00246. The van der Waals surface area contributed by atoms with E-state index in [1.807, 2.05) is 0 Å². The number of benzene rings is 2. The molecule has 0 aliphatic carbocycles. The van der Waals surface area contributed by atoms with E-state index in [1.165, 1.54) is 50.6 Å². The van der Waals surface area contributed by atoms with Gasteiger partial charge in [0, 0.05) is 31.2 Å². The van der Waals surface area contributed by atoms with E-state index in [9.17, 15) is 14.0 Å². The molecule has 0 bridgehead atoms. The second-order valence-corrected chi connectivity index (χ2v) is 8.98. The summed E-state index contributed by atoms with van der Waals surface area (Å²) in [6.07, 6.45) is -1.38. The van der Waals surface area contributed by atoms with Crippen LogP contribution in [-0.2, 0) is 7.05 Å². The molecule has 4 rings (SSSR count). The highest BCUT2D eigenvalue weighted by molar-refractivity contribution is 6.33. The molecule has 0 aliphatic heterocycles. The van der Waals surface area contributed by atoms with Crippen molar-refractivity contribution in [2.75, 3.05) is 12.4 Å². The highest BCUT2D eigenvalue weighted by atomic mass is 35.5. The fourth-order valence-corrected chi connectivity index (χ4v) is 4.12.